The lowest BCUT2D eigenvalue weighted by Gasteiger charge is -2.30. The highest BCUT2D eigenvalue weighted by Crippen LogP contribution is 2.16. The second-order valence-electron chi connectivity index (χ2n) is 5.29. The van der Waals surface area contributed by atoms with Crippen molar-refractivity contribution in [2.45, 2.75) is 12.6 Å². The average molecular weight is 303 g/mol. The van der Waals surface area contributed by atoms with Gasteiger partial charge in [-0.2, -0.15) is 0 Å². The molecule has 1 atom stereocenters. The van der Waals surface area contributed by atoms with Gasteiger partial charge in [0.2, 0.25) is 5.91 Å². The summed E-state index contributed by atoms with van der Waals surface area (Å²) in [6, 6.07) is 5.20. The van der Waals surface area contributed by atoms with Gasteiger partial charge in [0, 0.05) is 13.6 Å². The lowest BCUT2D eigenvalue weighted by atomic mass is 10.2. The van der Waals surface area contributed by atoms with Crippen LogP contribution in [0.4, 0.5) is 0 Å². The molecule has 116 valence electrons. The molecule has 0 saturated carbocycles. The zero-order chi connectivity index (χ0) is 15.7. The van der Waals surface area contributed by atoms with Gasteiger partial charge >= 0.3 is 0 Å². The van der Waals surface area contributed by atoms with E-state index in [1.165, 1.54) is 10.9 Å². The number of rotatable bonds is 3. The lowest BCUT2D eigenvalue weighted by molar-refractivity contribution is -0.147. The molecular weight excluding hydrogens is 286 g/mol. The number of hydrogen-bond acceptors (Lipinski definition) is 5. The Labute approximate surface area is 127 Å². The van der Waals surface area contributed by atoms with Gasteiger partial charge in [-0.15, -0.1) is 0 Å². The van der Waals surface area contributed by atoms with E-state index in [0.717, 1.165) is 0 Å². The minimum atomic E-state index is -0.217. The monoisotopic (exact) mass is 303 g/mol. The third-order valence-electron chi connectivity index (χ3n) is 3.78. The van der Waals surface area contributed by atoms with Gasteiger partial charge < -0.3 is 14.4 Å². The van der Waals surface area contributed by atoms with Crippen LogP contribution in [0.3, 0.4) is 0 Å². The van der Waals surface area contributed by atoms with E-state index in [2.05, 4.69) is 4.98 Å². The van der Waals surface area contributed by atoms with Crippen LogP contribution in [0.1, 0.15) is 0 Å². The maximum Gasteiger partial charge on any atom is 0.261 e. The first-order chi connectivity index (χ1) is 10.6. The number of nitrogens with zero attached hydrogens (tertiary/aromatic N) is 3. The van der Waals surface area contributed by atoms with Crippen LogP contribution < -0.4 is 10.3 Å². The summed E-state index contributed by atoms with van der Waals surface area (Å²) in [4.78, 5) is 29.9. The van der Waals surface area contributed by atoms with E-state index < -0.39 is 0 Å². The average Bonchev–Trinajstić information content (AvgIpc) is 2.53. The van der Waals surface area contributed by atoms with Gasteiger partial charge in [-0.05, 0) is 18.2 Å². The topological polar surface area (TPSA) is 73.7 Å². The Morgan fingerprint density at radius 3 is 2.95 bits per heavy atom. The number of carbonyl (C=O) groups is 1. The summed E-state index contributed by atoms with van der Waals surface area (Å²) in [6.07, 6.45) is 1.29. The smallest absolute Gasteiger partial charge is 0.261 e. The van der Waals surface area contributed by atoms with E-state index in [1.807, 2.05) is 0 Å². The fourth-order valence-corrected chi connectivity index (χ4v) is 2.48. The summed E-state index contributed by atoms with van der Waals surface area (Å²) < 4.78 is 12.1. The van der Waals surface area contributed by atoms with Crippen molar-refractivity contribution in [2.24, 2.45) is 0 Å². The Morgan fingerprint density at radius 1 is 1.41 bits per heavy atom. The number of likely N-dealkylation sites (N-methyl/N-ethyl adjacent to an activating group) is 1. The molecule has 1 aliphatic heterocycles. The van der Waals surface area contributed by atoms with Gasteiger partial charge in [-0.25, -0.2) is 4.98 Å². The zero-order valence-electron chi connectivity index (χ0n) is 12.5. The predicted molar refractivity (Wildman–Crippen MR) is 79.9 cm³/mol. The van der Waals surface area contributed by atoms with Crippen LogP contribution in [-0.4, -0.2) is 53.8 Å². The molecule has 1 saturated heterocycles. The van der Waals surface area contributed by atoms with Crippen LogP contribution in [0.15, 0.2) is 29.3 Å². The molecule has 1 fully saturated rings. The van der Waals surface area contributed by atoms with E-state index in [9.17, 15) is 9.59 Å². The third-order valence-corrected chi connectivity index (χ3v) is 3.78. The molecule has 0 aliphatic carbocycles. The number of hydrogen-bond donors (Lipinski definition) is 0. The second kappa shape index (κ2) is 5.76. The summed E-state index contributed by atoms with van der Waals surface area (Å²) in [5, 5.41) is 0.502. The molecule has 7 heteroatoms. The highest BCUT2D eigenvalue weighted by Gasteiger charge is 2.24. The van der Waals surface area contributed by atoms with E-state index in [0.29, 0.717) is 29.7 Å². The van der Waals surface area contributed by atoms with Crippen LogP contribution in [-0.2, 0) is 16.1 Å². The number of carbonyl (C=O) groups excluding carboxylic acids is 1. The van der Waals surface area contributed by atoms with Crippen molar-refractivity contribution in [3.63, 3.8) is 0 Å². The number of fused-ring (bicyclic) bond motifs is 1. The molecule has 1 amide bonds. The van der Waals surface area contributed by atoms with Gasteiger partial charge in [-0.1, -0.05) is 0 Å². The number of ether oxygens (including phenoxy) is 2. The number of benzene rings is 1. The SMILES string of the molecule is COc1ccc2ncn(C[C@@H]3CN(C)C(=O)CO3)c(=O)c2c1. The molecule has 1 aromatic carbocycles. The maximum atomic E-state index is 12.5. The minimum absolute atomic E-state index is 0.0464. The van der Waals surface area contributed by atoms with Gasteiger partial charge in [0.25, 0.3) is 5.56 Å². The molecule has 3 rings (SSSR count). The Hall–Kier alpha value is -2.41. The zero-order valence-corrected chi connectivity index (χ0v) is 12.5. The van der Waals surface area contributed by atoms with Crippen molar-refractivity contribution in [2.75, 3.05) is 27.3 Å². The number of methoxy groups -OCH3 is 1. The molecule has 1 aromatic heterocycles. The van der Waals surface area contributed by atoms with E-state index >= 15 is 0 Å². The summed E-state index contributed by atoms with van der Waals surface area (Å²) in [7, 11) is 3.28. The van der Waals surface area contributed by atoms with Crippen LogP contribution >= 0.6 is 0 Å². The van der Waals surface area contributed by atoms with Crippen molar-refractivity contribution in [3.8, 4) is 5.75 Å². The first kappa shape index (κ1) is 14.5. The van der Waals surface area contributed by atoms with E-state index in [1.54, 1.807) is 37.3 Å². The predicted octanol–water partition coefficient (Wildman–Crippen LogP) is 0.262. The van der Waals surface area contributed by atoms with E-state index in [4.69, 9.17) is 9.47 Å². The van der Waals surface area contributed by atoms with Gasteiger partial charge in [0.15, 0.2) is 0 Å². The molecule has 7 nitrogen and oxygen atoms in total. The maximum absolute atomic E-state index is 12.5. The molecule has 0 bridgehead atoms. The van der Waals surface area contributed by atoms with Crippen LogP contribution in [0.2, 0.25) is 0 Å². The highest BCUT2D eigenvalue weighted by atomic mass is 16.5. The third kappa shape index (κ3) is 2.67. The van der Waals surface area contributed by atoms with Gasteiger partial charge in [0.1, 0.15) is 12.4 Å². The van der Waals surface area contributed by atoms with Gasteiger partial charge in [0.05, 0.1) is 37.0 Å². The van der Waals surface area contributed by atoms with Gasteiger partial charge in [-0.3, -0.25) is 14.2 Å². The molecule has 2 aromatic rings. The summed E-state index contributed by atoms with van der Waals surface area (Å²) in [5.41, 5.74) is 0.478. The van der Waals surface area contributed by atoms with Crippen LogP contribution in [0, 0.1) is 0 Å². The summed E-state index contributed by atoms with van der Waals surface area (Å²) in [5.74, 6) is 0.563. The molecule has 0 unspecified atom stereocenters. The highest BCUT2D eigenvalue weighted by molar-refractivity contribution is 5.79. The van der Waals surface area contributed by atoms with Crippen molar-refractivity contribution in [1.82, 2.24) is 14.5 Å². The molecule has 2 heterocycles. The molecule has 1 aliphatic rings. The van der Waals surface area contributed by atoms with Crippen molar-refractivity contribution >= 4 is 16.8 Å². The normalized spacial score (nSPS) is 18.7. The number of morpholine rings is 1. The molecule has 0 N–H and O–H groups in total. The molecule has 0 spiro atoms. The van der Waals surface area contributed by atoms with Crippen molar-refractivity contribution in [3.05, 3.63) is 34.9 Å². The molecule has 0 radical (unpaired) electrons. The Kier molecular flexibility index (Phi) is 3.81. The van der Waals surface area contributed by atoms with Crippen LogP contribution in [0.25, 0.3) is 10.9 Å². The van der Waals surface area contributed by atoms with Crippen LogP contribution in [0.5, 0.6) is 5.75 Å². The standard InChI is InChI=1S/C15H17N3O4/c1-17-6-11(22-8-14(17)19)7-18-9-16-13-4-3-10(21-2)5-12(13)15(18)20/h3-5,9,11H,6-8H2,1-2H3/t11-/m0/s1. The fourth-order valence-electron chi connectivity index (χ4n) is 2.48. The van der Waals surface area contributed by atoms with E-state index in [-0.39, 0.29) is 24.2 Å². The quantitative estimate of drug-likeness (QED) is 0.813. The largest absolute Gasteiger partial charge is 0.497 e. The molecule has 22 heavy (non-hydrogen) atoms. The Morgan fingerprint density at radius 2 is 2.23 bits per heavy atom. The minimum Gasteiger partial charge on any atom is -0.497 e. The first-order valence-electron chi connectivity index (χ1n) is 6.97. The first-order valence-corrected chi connectivity index (χ1v) is 6.97. The Balaban J connectivity index is 1.89. The van der Waals surface area contributed by atoms with Crippen molar-refractivity contribution < 1.29 is 14.3 Å². The second-order valence-corrected chi connectivity index (χ2v) is 5.29. The summed E-state index contributed by atoms with van der Waals surface area (Å²) >= 11 is 0. The Bertz CT molecular complexity index is 771. The lowest BCUT2D eigenvalue weighted by Crippen LogP contribution is -2.46. The number of aromatic nitrogens is 2. The number of amides is 1. The molecular formula is C15H17N3O4. The summed E-state index contributed by atoms with van der Waals surface area (Å²) in [6.45, 7) is 0.864. The van der Waals surface area contributed by atoms with Crippen molar-refractivity contribution in [1.29, 1.82) is 0 Å². The fraction of sp³-hybridized carbons (Fsp3) is 0.400.